The van der Waals surface area contributed by atoms with Crippen LogP contribution < -0.4 is 11.1 Å². The molecule has 1 unspecified atom stereocenters. The first kappa shape index (κ1) is 10.4. The quantitative estimate of drug-likeness (QED) is 0.598. The van der Waals surface area contributed by atoms with Crippen molar-refractivity contribution in [3.8, 4) is 0 Å². The minimum atomic E-state index is -0.861. The fraction of sp³-hybridized carbons (Fsp3) is 0.800. The van der Waals surface area contributed by atoms with Crippen LogP contribution in [0.5, 0.6) is 0 Å². The molecule has 2 rings (SSSR count). The molecule has 0 bridgehead atoms. The SMILES string of the molecule is CC1(C)CC2(N=C(N)NC2=O)C(C)(C)O1. The van der Waals surface area contributed by atoms with Gasteiger partial charge < -0.3 is 10.5 Å². The summed E-state index contributed by atoms with van der Waals surface area (Å²) in [6, 6.07) is 0. The molecule has 84 valence electrons. The highest BCUT2D eigenvalue weighted by molar-refractivity contribution is 6.07. The van der Waals surface area contributed by atoms with E-state index in [1.54, 1.807) is 0 Å². The van der Waals surface area contributed by atoms with Crippen molar-refractivity contribution >= 4 is 11.9 Å². The Morgan fingerprint density at radius 1 is 1.40 bits per heavy atom. The number of carbonyl (C=O) groups excluding carboxylic acids is 1. The Labute approximate surface area is 89.1 Å². The number of rotatable bonds is 0. The van der Waals surface area contributed by atoms with E-state index in [0.717, 1.165) is 0 Å². The third-order valence-electron chi connectivity index (χ3n) is 3.14. The molecule has 5 heteroatoms. The molecule has 0 aromatic heterocycles. The first-order valence-corrected chi connectivity index (χ1v) is 5.06. The zero-order valence-electron chi connectivity index (χ0n) is 9.55. The van der Waals surface area contributed by atoms with E-state index in [2.05, 4.69) is 10.3 Å². The monoisotopic (exact) mass is 211 g/mol. The van der Waals surface area contributed by atoms with Gasteiger partial charge in [0.05, 0.1) is 11.2 Å². The van der Waals surface area contributed by atoms with E-state index in [1.165, 1.54) is 0 Å². The number of nitrogens with one attached hydrogen (secondary N) is 1. The lowest BCUT2D eigenvalue weighted by molar-refractivity contribution is -0.131. The molecule has 0 radical (unpaired) electrons. The van der Waals surface area contributed by atoms with Crippen LogP contribution in [-0.2, 0) is 9.53 Å². The summed E-state index contributed by atoms with van der Waals surface area (Å²) < 4.78 is 5.87. The van der Waals surface area contributed by atoms with Crippen molar-refractivity contribution in [2.75, 3.05) is 0 Å². The Hall–Kier alpha value is -1.10. The molecule has 0 aromatic rings. The minimum absolute atomic E-state index is 0.157. The van der Waals surface area contributed by atoms with Crippen molar-refractivity contribution in [3.63, 3.8) is 0 Å². The maximum atomic E-state index is 11.9. The van der Waals surface area contributed by atoms with Crippen LogP contribution in [-0.4, -0.2) is 28.6 Å². The number of carbonyl (C=O) groups is 1. The summed E-state index contributed by atoms with van der Waals surface area (Å²) in [5, 5.41) is 2.55. The number of nitrogens with zero attached hydrogens (tertiary/aromatic N) is 1. The number of hydrogen-bond acceptors (Lipinski definition) is 4. The van der Waals surface area contributed by atoms with Gasteiger partial charge in [0, 0.05) is 6.42 Å². The predicted molar refractivity (Wildman–Crippen MR) is 56.4 cm³/mol. The molecule has 3 N–H and O–H groups in total. The van der Waals surface area contributed by atoms with Gasteiger partial charge in [-0.1, -0.05) is 0 Å². The maximum absolute atomic E-state index is 11.9. The highest BCUT2D eigenvalue weighted by atomic mass is 16.5. The summed E-state index contributed by atoms with van der Waals surface area (Å²) >= 11 is 0. The average Bonchev–Trinajstić information content (AvgIpc) is 2.31. The van der Waals surface area contributed by atoms with E-state index in [-0.39, 0.29) is 17.5 Å². The second-order valence-electron chi connectivity index (χ2n) is 5.36. The van der Waals surface area contributed by atoms with Crippen LogP contribution in [0, 0.1) is 0 Å². The van der Waals surface area contributed by atoms with Crippen molar-refractivity contribution in [1.29, 1.82) is 0 Å². The van der Waals surface area contributed by atoms with Gasteiger partial charge in [-0.2, -0.15) is 0 Å². The van der Waals surface area contributed by atoms with Gasteiger partial charge in [-0.05, 0) is 27.7 Å². The van der Waals surface area contributed by atoms with E-state index in [9.17, 15) is 4.79 Å². The standard InChI is InChI=1S/C10H17N3O2/c1-8(2)5-10(9(3,4)15-8)6(14)12-7(11)13-10/h5H2,1-4H3,(H3,11,12,13,14). The Morgan fingerprint density at radius 3 is 2.33 bits per heavy atom. The Balaban J connectivity index is 2.49. The van der Waals surface area contributed by atoms with Gasteiger partial charge in [-0.25, -0.2) is 4.99 Å². The van der Waals surface area contributed by atoms with Crippen molar-refractivity contribution in [1.82, 2.24) is 5.32 Å². The number of nitrogens with two attached hydrogens (primary N) is 1. The lowest BCUT2D eigenvalue weighted by Crippen LogP contribution is -2.52. The van der Waals surface area contributed by atoms with Gasteiger partial charge in [-0.3, -0.25) is 10.1 Å². The van der Waals surface area contributed by atoms with Gasteiger partial charge in [-0.15, -0.1) is 0 Å². The lowest BCUT2D eigenvalue weighted by Gasteiger charge is -2.31. The molecular weight excluding hydrogens is 194 g/mol. The van der Waals surface area contributed by atoms with Gasteiger partial charge in [0.1, 0.15) is 0 Å². The molecule has 1 saturated heterocycles. The molecule has 0 aliphatic carbocycles. The zero-order valence-corrected chi connectivity index (χ0v) is 9.55. The van der Waals surface area contributed by atoms with Gasteiger partial charge in [0.15, 0.2) is 11.5 Å². The third kappa shape index (κ3) is 1.26. The van der Waals surface area contributed by atoms with Crippen LogP contribution in [0.15, 0.2) is 4.99 Å². The second kappa shape index (κ2) is 2.52. The van der Waals surface area contributed by atoms with E-state index < -0.39 is 11.1 Å². The molecule has 2 aliphatic heterocycles. The Morgan fingerprint density at radius 2 is 2.00 bits per heavy atom. The van der Waals surface area contributed by atoms with E-state index in [4.69, 9.17) is 10.5 Å². The largest absolute Gasteiger partial charge is 0.370 e. The first-order chi connectivity index (χ1) is 6.69. The molecule has 5 nitrogen and oxygen atoms in total. The summed E-state index contributed by atoms with van der Waals surface area (Å²) in [7, 11) is 0. The van der Waals surface area contributed by atoms with Crippen molar-refractivity contribution in [3.05, 3.63) is 0 Å². The second-order valence-corrected chi connectivity index (χ2v) is 5.36. The van der Waals surface area contributed by atoms with Crippen LogP contribution in [0.25, 0.3) is 0 Å². The van der Waals surface area contributed by atoms with Crippen LogP contribution in [0.2, 0.25) is 0 Å². The number of amides is 1. The summed E-state index contributed by atoms with van der Waals surface area (Å²) in [4.78, 5) is 16.2. The smallest absolute Gasteiger partial charge is 0.257 e. The molecular formula is C10H17N3O2. The molecule has 0 aromatic carbocycles. The molecule has 2 heterocycles. The Kier molecular flexibility index (Phi) is 1.75. The van der Waals surface area contributed by atoms with E-state index >= 15 is 0 Å². The number of aliphatic imine (C=N–C) groups is 1. The van der Waals surface area contributed by atoms with Crippen LogP contribution in [0.3, 0.4) is 0 Å². The van der Waals surface area contributed by atoms with Crippen LogP contribution >= 0.6 is 0 Å². The summed E-state index contributed by atoms with van der Waals surface area (Å²) in [5.41, 5.74) is 3.72. The maximum Gasteiger partial charge on any atom is 0.257 e. The van der Waals surface area contributed by atoms with E-state index in [0.29, 0.717) is 6.42 Å². The predicted octanol–water partition coefficient (Wildman–Crippen LogP) is 0.147. The first-order valence-electron chi connectivity index (χ1n) is 5.06. The van der Waals surface area contributed by atoms with Crippen molar-refractivity contribution < 1.29 is 9.53 Å². The fourth-order valence-electron chi connectivity index (χ4n) is 2.67. The number of ether oxygens (including phenoxy) is 1. The third-order valence-corrected chi connectivity index (χ3v) is 3.14. The molecule has 0 saturated carbocycles. The Bertz CT molecular complexity index is 360. The molecule has 1 fully saturated rings. The average molecular weight is 211 g/mol. The zero-order chi connectivity index (χ0) is 11.5. The van der Waals surface area contributed by atoms with Crippen molar-refractivity contribution in [2.24, 2.45) is 10.7 Å². The molecule has 1 amide bonds. The summed E-state index contributed by atoms with van der Waals surface area (Å²) in [5.74, 6) is 0.0324. The molecule has 1 atom stereocenters. The van der Waals surface area contributed by atoms with E-state index in [1.807, 2.05) is 27.7 Å². The number of hydrogen-bond donors (Lipinski definition) is 2. The normalized spacial score (nSPS) is 36.8. The fourth-order valence-corrected chi connectivity index (χ4v) is 2.67. The van der Waals surface area contributed by atoms with Crippen LogP contribution in [0.1, 0.15) is 34.1 Å². The summed E-state index contributed by atoms with van der Waals surface area (Å²) in [6.07, 6.45) is 0.555. The number of guanidine groups is 1. The summed E-state index contributed by atoms with van der Waals surface area (Å²) in [6.45, 7) is 7.68. The van der Waals surface area contributed by atoms with Gasteiger partial charge in [0.25, 0.3) is 5.91 Å². The molecule has 2 aliphatic rings. The lowest BCUT2D eigenvalue weighted by atomic mass is 9.79. The minimum Gasteiger partial charge on any atom is -0.370 e. The highest BCUT2D eigenvalue weighted by Crippen LogP contribution is 2.48. The molecule has 15 heavy (non-hydrogen) atoms. The highest BCUT2D eigenvalue weighted by Gasteiger charge is 2.64. The van der Waals surface area contributed by atoms with Crippen LogP contribution in [0.4, 0.5) is 0 Å². The topological polar surface area (TPSA) is 76.7 Å². The van der Waals surface area contributed by atoms with Crippen molar-refractivity contribution in [2.45, 2.75) is 50.9 Å². The molecule has 1 spiro atoms. The van der Waals surface area contributed by atoms with Gasteiger partial charge in [0.2, 0.25) is 0 Å². The van der Waals surface area contributed by atoms with Gasteiger partial charge >= 0.3 is 0 Å².